The van der Waals surface area contributed by atoms with Crippen LogP contribution >= 0.6 is 15.9 Å². The van der Waals surface area contributed by atoms with E-state index in [4.69, 9.17) is 4.42 Å². The molecule has 1 unspecified atom stereocenters. The van der Waals surface area contributed by atoms with E-state index in [2.05, 4.69) is 21.2 Å². The summed E-state index contributed by atoms with van der Waals surface area (Å²) in [5.74, 6) is 0.715. The van der Waals surface area contributed by atoms with Crippen molar-refractivity contribution in [3.05, 3.63) is 52.4 Å². The third kappa shape index (κ3) is 4.11. The van der Waals surface area contributed by atoms with E-state index >= 15 is 0 Å². The summed E-state index contributed by atoms with van der Waals surface area (Å²) >= 11 is 3.48. The first-order valence-corrected chi connectivity index (χ1v) is 7.56. The van der Waals surface area contributed by atoms with Crippen LogP contribution in [0.15, 0.2) is 45.5 Å². The molecule has 0 aliphatic rings. The normalized spacial score (nSPS) is 12.0. The van der Waals surface area contributed by atoms with Crippen LogP contribution in [0.25, 0.3) is 0 Å². The van der Waals surface area contributed by atoms with E-state index in [1.807, 2.05) is 56.1 Å². The fraction of sp³-hybridized carbons (Fsp3) is 0.312. The molecule has 112 valence electrons. The topological polar surface area (TPSA) is 45.5 Å². The number of carbonyl (C=O) groups excluding carboxylic acids is 1. The van der Waals surface area contributed by atoms with E-state index in [9.17, 15) is 4.79 Å². The molecule has 21 heavy (non-hydrogen) atoms. The summed E-state index contributed by atoms with van der Waals surface area (Å²) in [5, 5.41) is 2.93. The lowest BCUT2D eigenvalue weighted by molar-refractivity contribution is -0.120. The first-order valence-electron chi connectivity index (χ1n) is 6.77. The fourth-order valence-corrected chi connectivity index (χ4v) is 2.32. The second kappa shape index (κ2) is 6.80. The van der Waals surface area contributed by atoms with Gasteiger partial charge in [0.1, 0.15) is 5.76 Å². The lowest BCUT2D eigenvalue weighted by atomic mass is 10.2. The molecule has 0 aliphatic carbocycles. The molecule has 0 aliphatic heterocycles. The minimum atomic E-state index is -0.132. The van der Waals surface area contributed by atoms with Gasteiger partial charge < -0.3 is 14.6 Å². The Kier molecular flexibility index (Phi) is 5.07. The van der Waals surface area contributed by atoms with E-state index in [-0.39, 0.29) is 11.9 Å². The lowest BCUT2D eigenvalue weighted by Crippen LogP contribution is -2.36. The van der Waals surface area contributed by atoms with Crippen LogP contribution in [-0.2, 0) is 4.79 Å². The number of carbonyl (C=O) groups is 1. The van der Waals surface area contributed by atoms with E-state index in [0.29, 0.717) is 6.54 Å². The number of benzene rings is 1. The van der Waals surface area contributed by atoms with Gasteiger partial charge in [-0.25, -0.2) is 0 Å². The second-order valence-corrected chi connectivity index (χ2v) is 5.95. The molecule has 1 N–H and O–H groups in total. The molecule has 0 saturated heterocycles. The molecule has 0 bridgehead atoms. The van der Waals surface area contributed by atoms with Gasteiger partial charge in [-0.05, 0) is 49.7 Å². The number of nitrogens with one attached hydrogen (secondary N) is 1. The molecule has 2 aromatic rings. The Labute approximate surface area is 133 Å². The number of hydrogen-bond acceptors (Lipinski definition) is 3. The predicted octanol–water partition coefficient (Wildman–Crippen LogP) is 3.66. The van der Waals surface area contributed by atoms with Crippen molar-refractivity contribution in [2.24, 2.45) is 0 Å². The van der Waals surface area contributed by atoms with Gasteiger partial charge >= 0.3 is 0 Å². The molecule has 1 aromatic heterocycles. The van der Waals surface area contributed by atoms with Crippen LogP contribution in [-0.4, -0.2) is 19.5 Å². The van der Waals surface area contributed by atoms with Crippen molar-refractivity contribution in [3.63, 3.8) is 0 Å². The third-order valence-corrected chi connectivity index (χ3v) is 4.20. The van der Waals surface area contributed by atoms with Gasteiger partial charge in [0.25, 0.3) is 0 Å². The third-order valence-electron chi connectivity index (χ3n) is 3.31. The summed E-state index contributed by atoms with van der Waals surface area (Å²) in [5.41, 5.74) is 2.15. The zero-order valence-electron chi connectivity index (χ0n) is 12.4. The molecule has 0 spiro atoms. The van der Waals surface area contributed by atoms with Gasteiger partial charge in [-0.2, -0.15) is 0 Å². The van der Waals surface area contributed by atoms with E-state index in [1.165, 1.54) is 0 Å². The van der Waals surface area contributed by atoms with Gasteiger partial charge in [0.2, 0.25) is 5.91 Å². The van der Waals surface area contributed by atoms with Crippen molar-refractivity contribution in [1.82, 2.24) is 5.32 Å². The van der Waals surface area contributed by atoms with Crippen LogP contribution in [0, 0.1) is 6.92 Å². The van der Waals surface area contributed by atoms with Gasteiger partial charge in [0, 0.05) is 17.2 Å². The second-order valence-electron chi connectivity index (χ2n) is 5.09. The Bertz CT molecular complexity index is 611. The molecular formula is C16H19BrN2O2. The smallest absolute Gasteiger partial charge is 0.240 e. The van der Waals surface area contributed by atoms with Crippen molar-refractivity contribution in [2.75, 3.05) is 18.5 Å². The van der Waals surface area contributed by atoms with Gasteiger partial charge in [0.05, 0.1) is 18.8 Å². The van der Waals surface area contributed by atoms with E-state index in [1.54, 1.807) is 6.26 Å². The maximum Gasteiger partial charge on any atom is 0.240 e. The van der Waals surface area contributed by atoms with E-state index in [0.717, 1.165) is 21.5 Å². The summed E-state index contributed by atoms with van der Waals surface area (Å²) in [4.78, 5) is 14.0. The van der Waals surface area contributed by atoms with Crippen LogP contribution < -0.4 is 10.2 Å². The summed E-state index contributed by atoms with van der Waals surface area (Å²) in [7, 11) is 1.90. The van der Waals surface area contributed by atoms with Crippen LogP contribution in [0.2, 0.25) is 0 Å². The van der Waals surface area contributed by atoms with Gasteiger partial charge in [-0.1, -0.05) is 15.9 Å². The lowest BCUT2D eigenvalue weighted by Gasteiger charge is -2.21. The van der Waals surface area contributed by atoms with Crippen molar-refractivity contribution < 1.29 is 9.21 Å². The Balaban J connectivity index is 1.94. The van der Waals surface area contributed by atoms with Crippen LogP contribution in [0.4, 0.5) is 5.69 Å². The standard InChI is InChI=1S/C16H19BrN2O2/c1-11-9-13(6-7-14(11)17)19(3)10-16(20)18-12(2)15-5-4-8-21-15/h4-9,12H,10H2,1-3H3,(H,18,20). The number of nitrogens with zero attached hydrogens (tertiary/aromatic N) is 1. The van der Waals surface area contributed by atoms with Crippen molar-refractivity contribution in [2.45, 2.75) is 19.9 Å². The quantitative estimate of drug-likeness (QED) is 0.894. The van der Waals surface area contributed by atoms with Gasteiger partial charge in [0.15, 0.2) is 0 Å². The Morgan fingerprint density at radius 2 is 2.19 bits per heavy atom. The molecule has 1 amide bonds. The average Bonchev–Trinajstić information content (AvgIpc) is 2.95. The number of anilines is 1. The number of halogens is 1. The number of amides is 1. The average molecular weight is 351 g/mol. The first kappa shape index (κ1) is 15.6. The first-order chi connectivity index (χ1) is 9.97. The highest BCUT2D eigenvalue weighted by molar-refractivity contribution is 9.10. The number of hydrogen-bond donors (Lipinski definition) is 1. The minimum absolute atomic E-state index is 0.0398. The highest BCUT2D eigenvalue weighted by Gasteiger charge is 2.14. The number of likely N-dealkylation sites (N-methyl/N-ethyl adjacent to an activating group) is 1. The molecule has 0 radical (unpaired) electrons. The molecule has 4 nitrogen and oxygen atoms in total. The summed E-state index contributed by atoms with van der Waals surface area (Å²) in [6.07, 6.45) is 1.61. The highest BCUT2D eigenvalue weighted by atomic mass is 79.9. The zero-order chi connectivity index (χ0) is 15.4. The molecule has 1 atom stereocenters. The Morgan fingerprint density at radius 3 is 2.81 bits per heavy atom. The van der Waals surface area contributed by atoms with E-state index < -0.39 is 0 Å². The maximum atomic E-state index is 12.1. The number of rotatable bonds is 5. The predicted molar refractivity (Wildman–Crippen MR) is 87.4 cm³/mol. The summed E-state index contributed by atoms with van der Waals surface area (Å²) in [6.45, 7) is 4.23. The van der Waals surface area contributed by atoms with Gasteiger partial charge in [-0.15, -0.1) is 0 Å². The molecule has 5 heteroatoms. The fourth-order valence-electron chi connectivity index (χ4n) is 2.07. The SMILES string of the molecule is Cc1cc(N(C)CC(=O)NC(C)c2ccco2)ccc1Br. The monoisotopic (exact) mass is 350 g/mol. The molecule has 2 rings (SSSR count). The van der Waals surface area contributed by atoms with Crippen molar-refractivity contribution in [3.8, 4) is 0 Å². The van der Waals surface area contributed by atoms with Crippen molar-refractivity contribution >= 4 is 27.5 Å². The molecular weight excluding hydrogens is 332 g/mol. The van der Waals surface area contributed by atoms with Gasteiger partial charge in [-0.3, -0.25) is 4.79 Å². The minimum Gasteiger partial charge on any atom is -0.467 e. The maximum absolute atomic E-state index is 12.1. The van der Waals surface area contributed by atoms with Crippen LogP contribution in [0.1, 0.15) is 24.3 Å². The summed E-state index contributed by atoms with van der Waals surface area (Å²) < 4.78 is 6.35. The molecule has 0 saturated carbocycles. The van der Waals surface area contributed by atoms with Crippen LogP contribution in [0.3, 0.4) is 0 Å². The molecule has 1 aromatic carbocycles. The summed E-state index contributed by atoms with van der Waals surface area (Å²) in [6, 6.07) is 9.56. The number of aryl methyl sites for hydroxylation is 1. The number of furan rings is 1. The molecule has 0 fully saturated rings. The van der Waals surface area contributed by atoms with Crippen LogP contribution in [0.5, 0.6) is 0 Å². The largest absolute Gasteiger partial charge is 0.467 e. The zero-order valence-corrected chi connectivity index (χ0v) is 14.0. The molecule has 1 heterocycles. The van der Waals surface area contributed by atoms with Crippen molar-refractivity contribution in [1.29, 1.82) is 0 Å². The Hall–Kier alpha value is -1.75. The Morgan fingerprint density at radius 1 is 1.43 bits per heavy atom. The highest BCUT2D eigenvalue weighted by Crippen LogP contribution is 2.22.